The summed E-state index contributed by atoms with van der Waals surface area (Å²) in [6, 6.07) is 0.343. The van der Waals surface area contributed by atoms with Gasteiger partial charge in [-0.1, -0.05) is 20.8 Å². The number of rotatable bonds is 2. The van der Waals surface area contributed by atoms with E-state index in [2.05, 4.69) is 27.7 Å². The fourth-order valence-corrected chi connectivity index (χ4v) is 0.607. The van der Waals surface area contributed by atoms with E-state index in [1.54, 1.807) is 0 Å². The van der Waals surface area contributed by atoms with E-state index in [4.69, 9.17) is 5.73 Å². The first-order valence-corrected chi connectivity index (χ1v) is 3.31. The summed E-state index contributed by atoms with van der Waals surface area (Å²) in [4.78, 5) is 0. The van der Waals surface area contributed by atoms with E-state index in [0.29, 0.717) is 12.0 Å². The molecule has 0 aromatic carbocycles. The van der Waals surface area contributed by atoms with E-state index < -0.39 is 0 Å². The molecule has 0 amide bonds. The van der Waals surface area contributed by atoms with Crippen LogP contribution in [-0.2, 0) is 0 Å². The van der Waals surface area contributed by atoms with Crippen LogP contribution in [-0.4, -0.2) is 6.04 Å². The van der Waals surface area contributed by atoms with Crippen molar-refractivity contribution >= 4 is 0 Å². The van der Waals surface area contributed by atoms with Crippen molar-refractivity contribution in [2.75, 3.05) is 0 Å². The predicted octanol–water partition coefficient (Wildman–Crippen LogP) is 1.63. The van der Waals surface area contributed by atoms with Crippen molar-refractivity contribution in [2.45, 2.75) is 33.7 Å². The third-order valence-corrected chi connectivity index (χ3v) is 1.88. The van der Waals surface area contributed by atoms with Gasteiger partial charge in [0.25, 0.3) is 0 Å². The minimum atomic E-state index is 0.343. The van der Waals surface area contributed by atoms with Crippen molar-refractivity contribution in [3.63, 3.8) is 0 Å². The van der Waals surface area contributed by atoms with Crippen LogP contribution in [0.1, 0.15) is 27.7 Å². The van der Waals surface area contributed by atoms with Gasteiger partial charge < -0.3 is 5.73 Å². The summed E-state index contributed by atoms with van der Waals surface area (Å²) in [5.41, 5.74) is 5.64. The molecule has 0 rings (SSSR count). The van der Waals surface area contributed by atoms with Crippen LogP contribution >= 0.6 is 0 Å². The van der Waals surface area contributed by atoms with Crippen molar-refractivity contribution in [3.05, 3.63) is 0 Å². The summed E-state index contributed by atoms with van der Waals surface area (Å²) in [6.45, 7) is 8.65. The molecule has 2 N–H and O–H groups in total. The lowest BCUT2D eigenvalue weighted by Gasteiger charge is -2.18. The maximum Gasteiger partial charge on any atom is 0.00385 e. The van der Waals surface area contributed by atoms with Crippen molar-refractivity contribution in [1.29, 1.82) is 0 Å². The molecule has 0 aliphatic rings. The zero-order valence-electron chi connectivity index (χ0n) is 6.31. The molecular weight excluding hydrogens is 98.1 g/mol. The molecule has 2 atom stereocenters. The van der Waals surface area contributed by atoms with Crippen molar-refractivity contribution in [3.8, 4) is 0 Å². The van der Waals surface area contributed by atoms with E-state index in [1.165, 1.54) is 0 Å². The first-order chi connectivity index (χ1) is 3.55. The second-order valence-corrected chi connectivity index (χ2v) is 2.96. The quantitative estimate of drug-likeness (QED) is 0.581. The molecule has 0 heterocycles. The minimum Gasteiger partial charge on any atom is -0.328 e. The molecule has 0 spiro atoms. The zero-order valence-corrected chi connectivity index (χ0v) is 6.31. The van der Waals surface area contributed by atoms with Gasteiger partial charge in [-0.3, -0.25) is 0 Å². The Kier molecular flexibility index (Phi) is 3.06. The topological polar surface area (TPSA) is 26.0 Å². The van der Waals surface area contributed by atoms with Crippen LogP contribution in [0.4, 0.5) is 0 Å². The smallest absolute Gasteiger partial charge is 0.00385 e. The second-order valence-electron chi connectivity index (χ2n) is 2.96. The van der Waals surface area contributed by atoms with Crippen LogP contribution in [0.25, 0.3) is 0 Å². The molecule has 50 valence electrons. The molecule has 0 aliphatic carbocycles. The van der Waals surface area contributed by atoms with Gasteiger partial charge in [0.05, 0.1) is 0 Å². The molecule has 0 radical (unpaired) electrons. The Morgan fingerprint density at radius 2 is 1.38 bits per heavy atom. The van der Waals surface area contributed by atoms with Crippen LogP contribution in [0, 0.1) is 11.8 Å². The molecule has 1 nitrogen and oxygen atoms in total. The fourth-order valence-electron chi connectivity index (χ4n) is 0.607. The Morgan fingerprint density at radius 1 is 1.00 bits per heavy atom. The molecule has 0 bridgehead atoms. The van der Waals surface area contributed by atoms with Crippen LogP contribution in [0.5, 0.6) is 0 Å². The highest BCUT2D eigenvalue weighted by atomic mass is 14.6. The van der Waals surface area contributed by atoms with E-state index >= 15 is 0 Å². The van der Waals surface area contributed by atoms with Gasteiger partial charge in [-0.05, 0) is 18.8 Å². The van der Waals surface area contributed by atoms with Crippen LogP contribution < -0.4 is 5.73 Å². The van der Waals surface area contributed by atoms with E-state index in [0.717, 1.165) is 5.92 Å². The highest BCUT2D eigenvalue weighted by molar-refractivity contribution is 4.65. The molecule has 0 saturated heterocycles. The summed E-state index contributed by atoms with van der Waals surface area (Å²) < 4.78 is 0. The average molecular weight is 115 g/mol. The molecule has 0 aliphatic heterocycles. The summed E-state index contributed by atoms with van der Waals surface area (Å²) in [5.74, 6) is 1.37. The summed E-state index contributed by atoms with van der Waals surface area (Å²) in [7, 11) is 0. The molecule has 0 saturated carbocycles. The van der Waals surface area contributed by atoms with Crippen molar-refractivity contribution < 1.29 is 0 Å². The first kappa shape index (κ1) is 7.96. The molecule has 0 aromatic heterocycles. The zero-order chi connectivity index (χ0) is 6.73. The van der Waals surface area contributed by atoms with Gasteiger partial charge in [0.1, 0.15) is 0 Å². The lowest BCUT2D eigenvalue weighted by molar-refractivity contribution is 0.362. The Bertz CT molecular complexity index is 49.4. The maximum atomic E-state index is 5.64. The average Bonchev–Trinajstić information content (AvgIpc) is 1.64. The third kappa shape index (κ3) is 2.31. The van der Waals surface area contributed by atoms with Gasteiger partial charge in [-0.15, -0.1) is 0 Å². The maximum absolute atomic E-state index is 5.64. The number of nitrogens with two attached hydrogens (primary N) is 1. The molecule has 0 aromatic rings. The molecule has 0 fully saturated rings. The Morgan fingerprint density at radius 3 is 1.38 bits per heavy atom. The van der Waals surface area contributed by atoms with E-state index in [9.17, 15) is 0 Å². The van der Waals surface area contributed by atoms with Gasteiger partial charge in [0.2, 0.25) is 0 Å². The summed E-state index contributed by atoms with van der Waals surface area (Å²) >= 11 is 0. The lowest BCUT2D eigenvalue weighted by Crippen LogP contribution is -2.27. The molecule has 1 heteroatoms. The van der Waals surface area contributed by atoms with Crippen LogP contribution in [0.2, 0.25) is 0 Å². The minimum absolute atomic E-state index is 0.343. The highest BCUT2D eigenvalue weighted by Gasteiger charge is 2.10. The molecule has 8 heavy (non-hydrogen) atoms. The van der Waals surface area contributed by atoms with Gasteiger partial charge >= 0.3 is 0 Å². The van der Waals surface area contributed by atoms with Gasteiger partial charge in [0, 0.05) is 6.04 Å². The molecule has 2 unspecified atom stereocenters. The van der Waals surface area contributed by atoms with E-state index in [-0.39, 0.29) is 0 Å². The predicted molar refractivity (Wildman–Crippen MR) is 37.7 cm³/mol. The van der Waals surface area contributed by atoms with Crippen LogP contribution in [0.3, 0.4) is 0 Å². The second kappa shape index (κ2) is 3.08. The first-order valence-electron chi connectivity index (χ1n) is 3.31. The molecular formula is C7H17N. The van der Waals surface area contributed by atoms with E-state index in [1.807, 2.05) is 0 Å². The standard InChI is InChI=1S/C7H17N/c1-5(2)6(3)7(4)8/h5-7H,8H2,1-4H3. The van der Waals surface area contributed by atoms with Crippen molar-refractivity contribution in [2.24, 2.45) is 17.6 Å². The highest BCUT2D eigenvalue weighted by Crippen LogP contribution is 2.11. The lowest BCUT2D eigenvalue weighted by atomic mass is 9.92. The Hall–Kier alpha value is -0.0400. The van der Waals surface area contributed by atoms with Gasteiger partial charge in [-0.25, -0.2) is 0 Å². The SMILES string of the molecule is CC(C)C(C)C(C)N. The Balaban J connectivity index is 3.46. The third-order valence-electron chi connectivity index (χ3n) is 1.88. The summed E-state index contributed by atoms with van der Waals surface area (Å²) in [6.07, 6.45) is 0. The van der Waals surface area contributed by atoms with Crippen LogP contribution in [0.15, 0.2) is 0 Å². The van der Waals surface area contributed by atoms with Gasteiger partial charge in [0.15, 0.2) is 0 Å². The number of hydrogen-bond acceptors (Lipinski definition) is 1. The fraction of sp³-hybridized carbons (Fsp3) is 1.00. The van der Waals surface area contributed by atoms with Crippen molar-refractivity contribution in [1.82, 2.24) is 0 Å². The monoisotopic (exact) mass is 115 g/mol. The Labute approximate surface area is 52.3 Å². The number of hydrogen-bond donors (Lipinski definition) is 1. The van der Waals surface area contributed by atoms with Gasteiger partial charge in [-0.2, -0.15) is 0 Å². The normalized spacial score (nSPS) is 18.8. The largest absolute Gasteiger partial charge is 0.328 e. The summed E-state index contributed by atoms with van der Waals surface area (Å²) in [5, 5.41) is 0.